The summed E-state index contributed by atoms with van der Waals surface area (Å²) in [5.74, 6) is -0.691. The summed E-state index contributed by atoms with van der Waals surface area (Å²) >= 11 is 1.07. The van der Waals surface area contributed by atoms with Gasteiger partial charge in [0.25, 0.3) is 0 Å². The first-order chi connectivity index (χ1) is 19.1. The predicted molar refractivity (Wildman–Crippen MR) is 155 cm³/mol. The molecule has 1 heterocycles. The van der Waals surface area contributed by atoms with Crippen molar-refractivity contribution in [3.05, 3.63) is 119 Å². The van der Waals surface area contributed by atoms with Gasteiger partial charge < -0.3 is 0 Å². The molecule has 5 rings (SSSR count). The van der Waals surface area contributed by atoms with Crippen molar-refractivity contribution in [2.45, 2.75) is 12.8 Å². The Labute approximate surface area is 231 Å². The molecule has 0 saturated heterocycles. The van der Waals surface area contributed by atoms with E-state index in [0.717, 1.165) is 44.7 Å². The Balaban J connectivity index is 1.75. The number of hydrogen-bond donors (Lipinski definition) is 0. The molecule has 0 radical (unpaired) electrons. The van der Waals surface area contributed by atoms with E-state index < -0.39 is 0 Å². The van der Waals surface area contributed by atoms with Crippen LogP contribution >= 0.6 is 11.3 Å². The van der Waals surface area contributed by atoms with Crippen LogP contribution in [-0.2, 0) is 0 Å². The third-order valence-corrected chi connectivity index (χ3v) is 7.73. The summed E-state index contributed by atoms with van der Waals surface area (Å²) < 4.78 is 0. The van der Waals surface area contributed by atoms with E-state index >= 15 is 0 Å². The average Bonchev–Trinajstić information content (AvgIpc) is 3.39. The molecule has 0 aliphatic carbocycles. The van der Waals surface area contributed by atoms with Crippen LogP contribution in [0.15, 0.2) is 109 Å². The maximum absolute atomic E-state index is 13.3. The highest BCUT2D eigenvalue weighted by Gasteiger charge is 2.29. The molecule has 0 atom stereocenters. The largest absolute Gasteiger partial charge is 0.292 e. The van der Waals surface area contributed by atoms with E-state index in [9.17, 15) is 20.1 Å². The van der Waals surface area contributed by atoms with Gasteiger partial charge in [0, 0.05) is 11.1 Å². The normalized spacial score (nSPS) is 10.4. The van der Waals surface area contributed by atoms with E-state index in [2.05, 4.69) is 24.3 Å². The van der Waals surface area contributed by atoms with Crippen LogP contribution < -0.4 is 0 Å². The molecule has 1 aromatic heterocycles. The van der Waals surface area contributed by atoms with E-state index in [1.807, 2.05) is 97.1 Å². The molecule has 4 nitrogen and oxygen atoms in total. The number of Topliss-reactive ketones (excluding diaryl/α,β-unsaturated/α-hetero) is 2. The van der Waals surface area contributed by atoms with Crippen LogP contribution in [0.1, 0.15) is 32.2 Å². The van der Waals surface area contributed by atoms with Crippen molar-refractivity contribution in [3.63, 3.8) is 0 Å². The summed E-state index contributed by atoms with van der Waals surface area (Å²) in [4.78, 5) is 27.1. The van der Waals surface area contributed by atoms with Crippen molar-refractivity contribution < 1.29 is 9.59 Å². The Morgan fingerprint density at radius 3 is 1.51 bits per heavy atom. The van der Waals surface area contributed by atoms with Crippen molar-refractivity contribution >= 4 is 22.9 Å². The highest BCUT2D eigenvalue weighted by atomic mass is 32.1. The second-order valence-corrected chi connectivity index (χ2v) is 9.90. The van der Waals surface area contributed by atoms with Gasteiger partial charge >= 0.3 is 0 Å². The Morgan fingerprint density at radius 1 is 0.513 bits per heavy atom. The van der Waals surface area contributed by atoms with Gasteiger partial charge in [-0.15, -0.1) is 11.3 Å². The fourth-order valence-electron chi connectivity index (χ4n) is 4.69. The lowest BCUT2D eigenvalue weighted by Crippen LogP contribution is -1.99. The Morgan fingerprint density at radius 2 is 0.949 bits per heavy atom. The molecule has 0 aliphatic rings. The zero-order chi connectivity index (χ0) is 27.2. The Bertz CT molecular complexity index is 1740. The van der Waals surface area contributed by atoms with Crippen LogP contribution in [0.2, 0.25) is 0 Å². The third kappa shape index (κ3) is 5.18. The number of nitriles is 2. The fraction of sp³-hybridized carbons (Fsp3) is 0.0588. The number of hydrogen-bond acceptors (Lipinski definition) is 5. The minimum Gasteiger partial charge on any atom is -0.292 e. The standard InChI is InChI=1S/C34H22N2O2S/c35-21-19-29(37)33-31(26-11-5-2-6-12-26)32(34(39-33)30(38)20-22-36)28-14-8-7-13-27(28)25-17-15-24(16-18-25)23-9-3-1-4-10-23/h1-18H,19-20H2. The molecule has 0 fully saturated rings. The lowest BCUT2D eigenvalue weighted by Gasteiger charge is -2.14. The number of ketones is 2. The molecule has 0 unspecified atom stereocenters. The first-order valence-corrected chi connectivity index (χ1v) is 13.2. The van der Waals surface area contributed by atoms with Crippen LogP contribution in [0.25, 0.3) is 44.5 Å². The van der Waals surface area contributed by atoms with Crippen LogP contribution in [0.4, 0.5) is 0 Å². The van der Waals surface area contributed by atoms with Crippen molar-refractivity contribution in [2.24, 2.45) is 0 Å². The highest BCUT2D eigenvalue weighted by Crippen LogP contribution is 2.47. The molecule has 186 valence electrons. The van der Waals surface area contributed by atoms with Gasteiger partial charge in [-0.05, 0) is 33.4 Å². The molecule has 0 saturated carbocycles. The number of carbonyl (C=O) groups excluding carboxylic acids is 2. The topological polar surface area (TPSA) is 81.7 Å². The van der Waals surface area contributed by atoms with Crippen molar-refractivity contribution in [2.75, 3.05) is 0 Å². The number of thiophene rings is 1. The van der Waals surface area contributed by atoms with Gasteiger partial charge in [-0.25, -0.2) is 0 Å². The van der Waals surface area contributed by atoms with Gasteiger partial charge in [0.2, 0.25) is 0 Å². The zero-order valence-electron chi connectivity index (χ0n) is 20.9. The quantitative estimate of drug-likeness (QED) is 0.191. The van der Waals surface area contributed by atoms with E-state index in [-0.39, 0.29) is 24.4 Å². The van der Waals surface area contributed by atoms with Gasteiger partial charge in [0.1, 0.15) is 0 Å². The third-order valence-electron chi connectivity index (χ3n) is 6.46. The van der Waals surface area contributed by atoms with Crippen LogP contribution in [0.3, 0.4) is 0 Å². The summed E-state index contributed by atoms with van der Waals surface area (Å²) in [5, 5.41) is 18.6. The molecule has 39 heavy (non-hydrogen) atoms. The SMILES string of the molecule is N#CCC(=O)c1sc(C(=O)CC#N)c(-c2ccccc2-c2ccc(-c3ccccc3)cc2)c1-c1ccccc1. The number of benzene rings is 4. The molecular formula is C34H22N2O2S. The van der Waals surface area contributed by atoms with E-state index in [1.54, 1.807) is 0 Å². The molecule has 0 aliphatic heterocycles. The molecule has 0 N–H and O–H groups in total. The molecule has 5 aromatic rings. The van der Waals surface area contributed by atoms with E-state index in [1.165, 1.54) is 0 Å². The fourth-order valence-corrected chi connectivity index (χ4v) is 5.90. The summed E-state index contributed by atoms with van der Waals surface area (Å²) in [6.45, 7) is 0. The molecule has 4 aromatic carbocycles. The number of carbonyl (C=O) groups is 2. The smallest absolute Gasteiger partial charge is 0.187 e. The molecule has 5 heteroatoms. The van der Waals surface area contributed by atoms with Crippen LogP contribution in [0, 0.1) is 22.7 Å². The molecule has 0 spiro atoms. The molecule has 0 bridgehead atoms. The summed E-state index contributed by atoms with van der Waals surface area (Å²) in [6, 6.07) is 39.5. The monoisotopic (exact) mass is 522 g/mol. The lowest BCUT2D eigenvalue weighted by molar-refractivity contribution is 0.0995. The molecule has 0 amide bonds. The van der Waals surface area contributed by atoms with Crippen molar-refractivity contribution in [1.29, 1.82) is 10.5 Å². The van der Waals surface area contributed by atoms with Crippen LogP contribution in [-0.4, -0.2) is 11.6 Å². The second kappa shape index (κ2) is 11.5. The van der Waals surface area contributed by atoms with Gasteiger partial charge in [-0.3, -0.25) is 9.59 Å². The van der Waals surface area contributed by atoms with E-state index in [0.29, 0.717) is 20.9 Å². The lowest BCUT2D eigenvalue weighted by atomic mass is 9.87. The highest BCUT2D eigenvalue weighted by molar-refractivity contribution is 7.17. The number of nitrogens with zero attached hydrogens (tertiary/aromatic N) is 2. The van der Waals surface area contributed by atoms with Gasteiger partial charge in [0.05, 0.1) is 34.7 Å². The maximum atomic E-state index is 13.3. The predicted octanol–water partition coefficient (Wildman–Crippen LogP) is 8.61. The first kappa shape index (κ1) is 25.5. The zero-order valence-corrected chi connectivity index (χ0v) is 21.7. The Kier molecular flexibility index (Phi) is 7.55. The molecular weight excluding hydrogens is 500 g/mol. The maximum Gasteiger partial charge on any atom is 0.187 e. The first-order valence-electron chi connectivity index (χ1n) is 12.4. The van der Waals surface area contributed by atoms with Gasteiger partial charge in [-0.2, -0.15) is 10.5 Å². The summed E-state index contributed by atoms with van der Waals surface area (Å²) in [5.41, 5.74) is 6.87. The minimum atomic E-state index is -0.347. The number of rotatable bonds is 8. The van der Waals surface area contributed by atoms with Gasteiger partial charge in [0.15, 0.2) is 11.6 Å². The van der Waals surface area contributed by atoms with Crippen LogP contribution in [0.5, 0.6) is 0 Å². The van der Waals surface area contributed by atoms with E-state index in [4.69, 9.17) is 0 Å². The Hall–Kier alpha value is -5.10. The second-order valence-electron chi connectivity index (χ2n) is 8.88. The van der Waals surface area contributed by atoms with Crippen molar-refractivity contribution in [1.82, 2.24) is 0 Å². The average molecular weight is 523 g/mol. The minimum absolute atomic E-state index is 0.297. The summed E-state index contributed by atoms with van der Waals surface area (Å²) in [7, 11) is 0. The summed E-state index contributed by atoms with van der Waals surface area (Å²) in [6.07, 6.45) is -0.601. The van der Waals surface area contributed by atoms with Gasteiger partial charge in [-0.1, -0.05) is 109 Å². The van der Waals surface area contributed by atoms with Crippen molar-refractivity contribution in [3.8, 4) is 56.6 Å².